The number of anilines is 1. The molecule has 1 aromatic rings. The van der Waals surface area contributed by atoms with Crippen LogP contribution in [0, 0.1) is 0 Å². The van der Waals surface area contributed by atoms with Crippen LogP contribution in [0.1, 0.15) is 18.3 Å². The van der Waals surface area contributed by atoms with Gasteiger partial charge in [0.2, 0.25) is 0 Å². The van der Waals surface area contributed by atoms with E-state index in [1.165, 1.54) is 0 Å². The molecule has 0 radical (unpaired) electrons. The molecule has 16 N–H and O–H groups in total. The molecule has 0 unspecified atom stereocenters. The Labute approximate surface area is 300 Å². The summed E-state index contributed by atoms with van der Waals surface area (Å²) >= 11 is 0. The predicted molar refractivity (Wildman–Crippen MR) is 178 cm³/mol. The van der Waals surface area contributed by atoms with Gasteiger partial charge in [-0.05, 0) is 18.6 Å². The SMILES string of the molecule is CN(C)c1ccc([C@@H]2OC[C@H]3O[C@H](O[C@@H]4[C@@H](O[C@@H]5O[C@H](CO)[C@@H](O[C@@H]6O[C@H](CN)[C@H](O)[C@@H](O)[C@@H]6N)[C@H]5O)[C@H](O)[C@@H](N)C[C@H]4N)[C@H](N)[C@@H](O)[C@@H]3O2)cc1. The molecule has 0 amide bonds. The number of hydrogen-bond donors (Lipinski definition) is 11. The highest BCUT2D eigenvalue weighted by Crippen LogP contribution is 2.37. The predicted octanol–water partition coefficient (Wildman–Crippen LogP) is -6.03. The van der Waals surface area contributed by atoms with Crippen molar-refractivity contribution in [3.63, 3.8) is 0 Å². The third-order valence-electron chi connectivity index (χ3n) is 10.5. The maximum Gasteiger partial charge on any atom is 0.187 e. The van der Waals surface area contributed by atoms with Gasteiger partial charge in [-0.2, -0.15) is 0 Å². The van der Waals surface area contributed by atoms with E-state index in [-0.39, 0.29) is 19.6 Å². The molecule has 4 saturated heterocycles. The number of nitrogens with zero attached hydrogens (tertiary/aromatic N) is 1. The van der Waals surface area contributed by atoms with Gasteiger partial charge in [-0.25, -0.2) is 0 Å². The Balaban J connectivity index is 1.12. The van der Waals surface area contributed by atoms with Gasteiger partial charge in [0, 0.05) is 44.0 Å². The molecule has 20 heteroatoms. The summed E-state index contributed by atoms with van der Waals surface area (Å²) in [6, 6.07) is 3.51. The van der Waals surface area contributed by atoms with Crippen LogP contribution in [0.4, 0.5) is 5.69 Å². The standard InChI is InChI=1S/C32H54N6O14/c1-38(2)12-5-3-11(4-6-12)29-45-10-17-27(50-29)23(43)19(37)31(48-17)49-25-14(35)7-13(34)20(40)28(25)52-32-24(44)26(16(9-39)47-32)51-30-18(36)22(42)21(41)15(8-33)46-30/h3-6,13-32,39-44H,7-10,33-37H2,1-2H3/t13-,14+,15+,16+,17+,18-,19+,20+,21-,22-,23+,24+,25-,26+,27+,28-,29+,30-,31+,32-/m0/s1. The van der Waals surface area contributed by atoms with E-state index in [1.54, 1.807) is 0 Å². The molecule has 5 aliphatic rings. The molecule has 1 aliphatic carbocycles. The number of aliphatic hydroxyl groups is 6. The zero-order chi connectivity index (χ0) is 37.6. The van der Waals surface area contributed by atoms with E-state index < -0.39 is 129 Å². The second-order valence-electron chi connectivity index (χ2n) is 14.3. The molecular formula is C32H54N6O14. The first-order valence-corrected chi connectivity index (χ1v) is 17.4. The van der Waals surface area contributed by atoms with Crippen molar-refractivity contribution in [3.05, 3.63) is 29.8 Å². The Bertz CT molecular complexity index is 1300. The van der Waals surface area contributed by atoms with E-state index >= 15 is 0 Å². The number of aliphatic hydroxyl groups excluding tert-OH is 6. The topological polar surface area (TPSA) is 329 Å². The third-order valence-corrected chi connectivity index (χ3v) is 10.5. The van der Waals surface area contributed by atoms with Gasteiger partial charge < -0.3 is 102 Å². The van der Waals surface area contributed by atoms with Gasteiger partial charge in [-0.3, -0.25) is 0 Å². The normalized spacial score (nSPS) is 48.3. The van der Waals surface area contributed by atoms with Crippen LogP contribution in [0.15, 0.2) is 24.3 Å². The highest BCUT2D eigenvalue weighted by Gasteiger charge is 2.55. The first-order valence-electron chi connectivity index (χ1n) is 17.4. The molecular weight excluding hydrogens is 692 g/mol. The van der Waals surface area contributed by atoms with E-state index in [4.69, 9.17) is 66.6 Å². The van der Waals surface area contributed by atoms with E-state index in [1.807, 2.05) is 43.3 Å². The minimum Gasteiger partial charge on any atom is -0.394 e. The average molecular weight is 747 g/mol. The lowest BCUT2D eigenvalue weighted by molar-refractivity contribution is -0.356. The number of fused-ring (bicyclic) bond motifs is 1. The fourth-order valence-electron chi connectivity index (χ4n) is 7.31. The zero-order valence-electron chi connectivity index (χ0n) is 29.0. The minimum atomic E-state index is -1.60. The Morgan fingerprint density at radius 3 is 1.96 bits per heavy atom. The van der Waals surface area contributed by atoms with Crippen molar-refractivity contribution in [1.82, 2.24) is 0 Å². The van der Waals surface area contributed by atoms with Crippen LogP contribution in [0.2, 0.25) is 0 Å². The number of benzene rings is 1. The molecule has 20 nitrogen and oxygen atoms in total. The quantitative estimate of drug-likeness (QED) is 0.106. The molecule has 4 heterocycles. The van der Waals surface area contributed by atoms with Crippen molar-refractivity contribution >= 4 is 5.69 Å². The molecule has 296 valence electrons. The Hall–Kier alpha value is -1.74. The summed E-state index contributed by atoms with van der Waals surface area (Å²) in [4.78, 5) is 1.96. The summed E-state index contributed by atoms with van der Waals surface area (Å²) in [6.07, 6.45) is -19.5. The van der Waals surface area contributed by atoms with Crippen LogP contribution in [-0.4, -0.2) is 181 Å². The van der Waals surface area contributed by atoms with Gasteiger partial charge in [0.25, 0.3) is 0 Å². The molecule has 6 rings (SSSR count). The first-order chi connectivity index (χ1) is 24.7. The molecule has 0 spiro atoms. The van der Waals surface area contributed by atoms with Crippen molar-refractivity contribution in [3.8, 4) is 0 Å². The summed E-state index contributed by atoms with van der Waals surface area (Å²) in [5.74, 6) is 0. The Morgan fingerprint density at radius 1 is 0.692 bits per heavy atom. The second kappa shape index (κ2) is 16.5. The molecule has 0 bridgehead atoms. The zero-order valence-corrected chi connectivity index (χ0v) is 29.0. The summed E-state index contributed by atoms with van der Waals surface area (Å²) in [5.41, 5.74) is 32.6. The molecule has 0 aromatic heterocycles. The fraction of sp³-hybridized carbons (Fsp3) is 0.812. The Kier molecular flexibility index (Phi) is 12.7. The minimum absolute atomic E-state index is 0.0426. The van der Waals surface area contributed by atoms with E-state index in [0.717, 1.165) is 11.3 Å². The van der Waals surface area contributed by atoms with Gasteiger partial charge >= 0.3 is 0 Å². The van der Waals surface area contributed by atoms with Gasteiger partial charge in [0.15, 0.2) is 25.2 Å². The number of rotatable bonds is 10. The maximum absolute atomic E-state index is 11.3. The highest BCUT2D eigenvalue weighted by atomic mass is 16.8. The second-order valence-corrected chi connectivity index (χ2v) is 14.3. The maximum atomic E-state index is 11.3. The van der Waals surface area contributed by atoms with Gasteiger partial charge in [-0.1, -0.05) is 12.1 Å². The first kappa shape index (κ1) is 39.9. The van der Waals surface area contributed by atoms with E-state index in [0.29, 0.717) is 0 Å². The van der Waals surface area contributed by atoms with Crippen molar-refractivity contribution in [2.24, 2.45) is 28.7 Å². The van der Waals surface area contributed by atoms with Crippen LogP contribution in [0.25, 0.3) is 0 Å². The number of ether oxygens (including phenoxy) is 8. The van der Waals surface area contributed by atoms with Crippen LogP contribution in [-0.2, 0) is 37.9 Å². The van der Waals surface area contributed by atoms with E-state index in [2.05, 4.69) is 0 Å². The lowest BCUT2D eigenvalue weighted by Crippen LogP contribution is -2.69. The number of hydrogen-bond acceptors (Lipinski definition) is 20. The van der Waals surface area contributed by atoms with Gasteiger partial charge in [-0.15, -0.1) is 0 Å². The fourth-order valence-corrected chi connectivity index (χ4v) is 7.31. The third kappa shape index (κ3) is 7.84. The average Bonchev–Trinajstić information content (AvgIpc) is 3.43. The summed E-state index contributed by atoms with van der Waals surface area (Å²) < 4.78 is 47.8. The molecule has 1 saturated carbocycles. The highest BCUT2D eigenvalue weighted by molar-refractivity contribution is 5.46. The molecule has 5 fully saturated rings. The smallest absolute Gasteiger partial charge is 0.187 e. The van der Waals surface area contributed by atoms with Crippen LogP contribution in [0.5, 0.6) is 0 Å². The van der Waals surface area contributed by atoms with Crippen molar-refractivity contribution < 1.29 is 68.5 Å². The van der Waals surface area contributed by atoms with E-state index in [9.17, 15) is 30.6 Å². The summed E-state index contributed by atoms with van der Waals surface area (Å²) in [7, 11) is 3.86. The summed E-state index contributed by atoms with van der Waals surface area (Å²) in [5, 5.41) is 64.5. The van der Waals surface area contributed by atoms with Crippen LogP contribution in [0.3, 0.4) is 0 Å². The lowest BCUT2D eigenvalue weighted by atomic mass is 9.84. The number of nitrogens with two attached hydrogens (primary N) is 5. The van der Waals surface area contributed by atoms with Crippen molar-refractivity contribution in [2.45, 2.75) is 129 Å². The van der Waals surface area contributed by atoms with Crippen LogP contribution < -0.4 is 33.6 Å². The molecule has 4 aliphatic heterocycles. The molecule has 1 aromatic carbocycles. The van der Waals surface area contributed by atoms with Crippen molar-refractivity contribution in [1.29, 1.82) is 0 Å². The van der Waals surface area contributed by atoms with Gasteiger partial charge in [0.05, 0.1) is 31.4 Å². The van der Waals surface area contributed by atoms with Crippen LogP contribution >= 0.6 is 0 Å². The Morgan fingerprint density at radius 2 is 1.31 bits per heavy atom. The molecule has 52 heavy (non-hydrogen) atoms. The molecule has 20 atom stereocenters. The summed E-state index contributed by atoms with van der Waals surface area (Å²) in [6.45, 7) is -0.760. The lowest BCUT2D eigenvalue weighted by Gasteiger charge is -2.49. The van der Waals surface area contributed by atoms with Crippen molar-refractivity contribution in [2.75, 3.05) is 38.8 Å². The monoisotopic (exact) mass is 746 g/mol. The van der Waals surface area contributed by atoms with Gasteiger partial charge in [0.1, 0.15) is 67.1 Å². The largest absolute Gasteiger partial charge is 0.394 e.